The highest BCUT2D eigenvalue weighted by Gasteiger charge is 2.22. The van der Waals surface area contributed by atoms with Crippen LogP contribution in [0.3, 0.4) is 0 Å². The summed E-state index contributed by atoms with van der Waals surface area (Å²) >= 11 is 0. The van der Waals surface area contributed by atoms with E-state index in [1.165, 1.54) is 12.1 Å². The average molecular weight is 392 g/mol. The summed E-state index contributed by atoms with van der Waals surface area (Å²) in [5.74, 6) is 1.14. The van der Waals surface area contributed by atoms with Crippen LogP contribution < -0.4 is 10.1 Å². The lowest BCUT2D eigenvalue weighted by Crippen LogP contribution is -2.49. The van der Waals surface area contributed by atoms with Gasteiger partial charge in [-0.1, -0.05) is 0 Å². The number of ether oxygens (including phenoxy) is 2. The molecule has 0 aliphatic carbocycles. The van der Waals surface area contributed by atoms with Crippen molar-refractivity contribution in [3.05, 3.63) is 35.7 Å². The number of rotatable bonds is 7. The molecular weight excluding hydrogens is 367 g/mol. The first-order chi connectivity index (χ1) is 13.5. The molecule has 0 bridgehead atoms. The number of aromatic nitrogens is 3. The number of aryl methyl sites for hydroxylation is 1. The zero-order valence-electron chi connectivity index (χ0n) is 16.1. The van der Waals surface area contributed by atoms with Crippen molar-refractivity contribution in [2.75, 3.05) is 51.8 Å². The molecule has 2 aromatic rings. The second kappa shape index (κ2) is 9.47. The second-order valence-corrected chi connectivity index (χ2v) is 6.52. The fourth-order valence-electron chi connectivity index (χ4n) is 2.90. The number of halogens is 1. The summed E-state index contributed by atoms with van der Waals surface area (Å²) in [5.41, 5.74) is 0.389. The van der Waals surface area contributed by atoms with E-state index in [2.05, 4.69) is 25.4 Å². The molecule has 152 valence electrons. The van der Waals surface area contributed by atoms with Crippen LogP contribution in [0.2, 0.25) is 0 Å². The lowest BCUT2D eigenvalue weighted by molar-refractivity contribution is 0.141. The highest BCUT2D eigenvalue weighted by molar-refractivity contribution is 5.89. The number of anilines is 1. The summed E-state index contributed by atoms with van der Waals surface area (Å²) in [6, 6.07) is 4.12. The van der Waals surface area contributed by atoms with Gasteiger partial charge >= 0.3 is 6.03 Å². The summed E-state index contributed by atoms with van der Waals surface area (Å²) in [6.07, 6.45) is 0. The number of carbonyl (C=O) groups is 1. The van der Waals surface area contributed by atoms with Crippen molar-refractivity contribution >= 4 is 11.7 Å². The number of hydrogen-bond acceptors (Lipinski definition) is 6. The van der Waals surface area contributed by atoms with E-state index >= 15 is 0 Å². The van der Waals surface area contributed by atoms with Crippen LogP contribution in [-0.2, 0) is 11.3 Å². The Morgan fingerprint density at radius 1 is 1.29 bits per heavy atom. The average Bonchev–Trinajstić information content (AvgIpc) is 3.09. The molecule has 2 heterocycles. The molecule has 9 nitrogen and oxygen atoms in total. The Bertz CT molecular complexity index is 791. The first-order valence-electron chi connectivity index (χ1n) is 9.12. The van der Waals surface area contributed by atoms with Crippen molar-refractivity contribution in [3.8, 4) is 5.75 Å². The quantitative estimate of drug-likeness (QED) is 0.696. The van der Waals surface area contributed by atoms with Crippen molar-refractivity contribution in [2.45, 2.75) is 13.5 Å². The van der Waals surface area contributed by atoms with Crippen LogP contribution >= 0.6 is 0 Å². The Hall–Kier alpha value is -2.72. The molecule has 10 heteroatoms. The van der Waals surface area contributed by atoms with Gasteiger partial charge in [0.25, 0.3) is 0 Å². The number of methoxy groups -OCH3 is 1. The first-order valence-corrected chi connectivity index (χ1v) is 9.12. The van der Waals surface area contributed by atoms with E-state index in [1.54, 1.807) is 18.1 Å². The normalized spacial score (nSPS) is 14.9. The van der Waals surface area contributed by atoms with Gasteiger partial charge in [-0.05, 0) is 19.1 Å². The van der Waals surface area contributed by atoms with E-state index in [0.29, 0.717) is 31.9 Å². The number of H-pyrrole nitrogens is 1. The minimum atomic E-state index is -0.527. The van der Waals surface area contributed by atoms with Gasteiger partial charge in [0.1, 0.15) is 12.4 Å². The third kappa shape index (κ3) is 5.40. The highest BCUT2D eigenvalue weighted by Crippen LogP contribution is 2.21. The molecule has 0 unspecified atom stereocenters. The van der Waals surface area contributed by atoms with Crippen LogP contribution in [0.4, 0.5) is 14.9 Å². The molecule has 1 aliphatic heterocycles. The van der Waals surface area contributed by atoms with Crippen LogP contribution in [0.5, 0.6) is 5.75 Å². The monoisotopic (exact) mass is 392 g/mol. The predicted molar refractivity (Wildman–Crippen MR) is 101 cm³/mol. The third-order valence-corrected chi connectivity index (χ3v) is 4.40. The van der Waals surface area contributed by atoms with E-state index in [4.69, 9.17) is 9.47 Å². The highest BCUT2D eigenvalue weighted by atomic mass is 19.1. The number of aromatic amines is 1. The summed E-state index contributed by atoms with van der Waals surface area (Å²) < 4.78 is 24.2. The van der Waals surface area contributed by atoms with Gasteiger partial charge in [0.15, 0.2) is 17.4 Å². The van der Waals surface area contributed by atoms with E-state index in [1.807, 2.05) is 6.92 Å². The zero-order valence-corrected chi connectivity index (χ0v) is 16.1. The number of nitrogens with one attached hydrogen (secondary N) is 2. The summed E-state index contributed by atoms with van der Waals surface area (Å²) in [7, 11) is 1.55. The fourth-order valence-corrected chi connectivity index (χ4v) is 2.90. The zero-order chi connectivity index (χ0) is 19.9. The summed E-state index contributed by atoms with van der Waals surface area (Å²) in [5, 5.41) is 9.70. The van der Waals surface area contributed by atoms with Gasteiger partial charge in [-0.15, -0.1) is 0 Å². The lowest BCUT2D eigenvalue weighted by atomic mass is 10.3. The topological polar surface area (TPSA) is 95.6 Å². The molecule has 1 saturated heterocycles. The van der Waals surface area contributed by atoms with Gasteiger partial charge in [-0.25, -0.2) is 14.2 Å². The molecule has 3 rings (SSSR count). The Kier molecular flexibility index (Phi) is 6.77. The van der Waals surface area contributed by atoms with Crippen molar-refractivity contribution in [1.82, 2.24) is 25.0 Å². The van der Waals surface area contributed by atoms with E-state index in [0.717, 1.165) is 24.7 Å². The van der Waals surface area contributed by atoms with Crippen LogP contribution in [0.1, 0.15) is 11.6 Å². The van der Waals surface area contributed by atoms with Crippen molar-refractivity contribution in [3.63, 3.8) is 0 Å². The number of carbonyl (C=O) groups excluding carboxylic acids is 1. The van der Waals surface area contributed by atoms with Gasteiger partial charge in [0, 0.05) is 45.0 Å². The number of benzene rings is 1. The van der Waals surface area contributed by atoms with Crippen molar-refractivity contribution in [1.29, 1.82) is 0 Å². The van der Waals surface area contributed by atoms with Gasteiger partial charge in [0.05, 0.1) is 13.2 Å². The van der Waals surface area contributed by atoms with Crippen LogP contribution in [0.25, 0.3) is 0 Å². The molecule has 0 radical (unpaired) electrons. The molecule has 1 aliphatic rings. The third-order valence-electron chi connectivity index (χ3n) is 4.40. The molecule has 1 aromatic heterocycles. The number of nitrogens with zero attached hydrogens (tertiary/aromatic N) is 4. The minimum absolute atomic E-state index is 0.130. The number of amides is 2. The van der Waals surface area contributed by atoms with Crippen LogP contribution in [-0.4, -0.2) is 77.5 Å². The maximum absolute atomic E-state index is 14.1. The number of urea groups is 1. The maximum atomic E-state index is 14.1. The summed E-state index contributed by atoms with van der Waals surface area (Å²) in [6.45, 7) is 5.75. The molecule has 0 atom stereocenters. The van der Waals surface area contributed by atoms with E-state index in [-0.39, 0.29) is 18.4 Å². The molecule has 0 saturated carbocycles. The molecule has 28 heavy (non-hydrogen) atoms. The Morgan fingerprint density at radius 2 is 2.07 bits per heavy atom. The fraction of sp³-hybridized carbons (Fsp3) is 0.500. The van der Waals surface area contributed by atoms with Crippen molar-refractivity contribution < 1.29 is 18.7 Å². The second-order valence-electron chi connectivity index (χ2n) is 6.52. The number of piperazine rings is 1. The first kappa shape index (κ1) is 20.0. The maximum Gasteiger partial charge on any atom is 0.321 e. The molecule has 2 N–H and O–H groups in total. The van der Waals surface area contributed by atoms with E-state index < -0.39 is 5.82 Å². The largest absolute Gasteiger partial charge is 0.488 e. The van der Waals surface area contributed by atoms with Crippen LogP contribution in [0.15, 0.2) is 18.2 Å². The molecule has 0 spiro atoms. The summed E-state index contributed by atoms with van der Waals surface area (Å²) in [4.78, 5) is 20.6. The standard InChI is InChI=1S/C18H25FN6O3/c1-13-20-17(23-22-13)12-24-5-7-25(8-6-24)18(26)21-14-3-4-16(15(19)11-14)28-10-9-27-2/h3-4,11H,5-10,12H2,1-2H3,(H,21,26)(H,20,22,23). The smallest absolute Gasteiger partial charge is 0.321 e. The SMILES string of the molecule is COCCOc1ccc(NC(=O)N2CCN(Cc3n[nH]c(C)n3)CC2)cc1F. The van der Waals surface area contributed by atoms with Crippen LogP contribution in [0, 0.1) is 12.7 Å². The van der Waals surface area contributed by atoms with Gasteiger partial charge in [-0.3, -0.25) is 10.00 Å². The predicted octanol–water partition coefficient (Wildman–Crippen LogP) is 1.63. The minimum Gasteiger partial charge on any atom is -0.488 e. The van der Waals surface area contributed by atoms with Crippen molar-refractivity contribution in [2.24, 2.45) is 0 Å². The molecule has 2 amide bonds. The Morgan fingerprint density at radius 3 is 2.71 bits per heavy atom. The molecule has 1 aromatic carbocycles. The molecule has 1 fully saturated rings. The number of hydrogen-bond donors (Lipinski definition) is 2. The molecular formula is C18H25FN6O3. The lowest BCUT2D eigenvalue weighted by Gasteiger charge is -2.34. The Balaban J connectivity index is 1.47. The van der Waals surface area contributed by atoms with Gasteiger partial charge in [0.2, 0.25) is 0 Å². The van der Waals surface area contributed by atoms with Gasteiger partial charge < -0.3 is 19.7 Å². The Labute approximate surface area is 162 Å². The van der Waals surface area contributed by atoms with E-state index in [9.17, 15) is 9.18 Å². The van der Waals surface area contributed by atoms with Gasteiger partial charge in [-0.2, -0.15) is 5.10 Å².